The van der Waals surface area contributed by atoms with Crippen molar-refractivity contribution in [1.82, 2.24) is 15.2 Å². The molecule has 0 saturated carbocycles. The van der Waals surface area contributed by atoms with E-state index in [0.717, 1.165) is 19.6 Å². The molecule has 3 nitrogen and oxygen atoms in total. The van der Waals surface area contributed by atoms with Gasteiger partial charge >= 0.3 is 0 Å². The summed E-state index contributed by atoms with van der Waals surface area (Å²) in [6.07, 6.45) is 2.49. The number of rotatable bonds is 7. The second kappa shape index (κ2) is 7.36. The Morgan fingerprint density at radius 3 is 2.47 bits per heavy atom. The molecular formula is C15H29N3S. The van der Waals surface area contributed by atoms with Gasteiger partial charge < -0.3 is 10.2 Å². The summed E-state index contributed by atoms with van der Waals surface area (Å²) in [4.78, 5) is 8.44. The van der Waals surface area contributed by atoms with Crippen LogP contribution < -0.4 is 5.32 Å². The average molecular weight is 283 g/mol. The Labute approximate surface area is 122 Å². The zero-order chi connectivity index (χ0) is 14.5. The minimum absolute atomic E-state index is 0.128. The van der Waals surface area contributed by atoms with Gasteiger partial charge in [-0.3, -0.25) is 0 Å². The van der Waals surface area contributed by atoms with Gasteiger partial charge in [-0.15, -0.1) is 11.3 Å². The van der Waals surface area contributed by atoms with E-state index in [1.165, 1.54) is 28.4 Å². The van der Waals surface area contributed by atoms with Crippen molar-refractivity contribution >= 4 is 11.3 Å². The first-order chi connectivity index (χ1) is 8.84. The van der Waals surface area contributed by atoms with Gasteiger partial charge in [0.25, 0.3) is 0 Å². The molecule has 1 rings (SSSR count). The molecule has 4 heteroatoms. The fraction of sp³-hybridized carbons (Fsp3) is 0.800. The molecule has 0 spiro atoms. The van der Waals surface area contributed by atoms with E-state index in [1.54, 1.807) is 0 Å². The smallest absolute Gasteiger partial charge is 0.107 e. The zero-order valence-corrected chi connectivity index (χ0v) is 14.2. The number of nitrogens with zero attached hydrogens (tertiary/aromatic N) is 2. The van der Waals surface area contributed by atoms with Crippen LogP contribution >= 0.6 is 11.3 Å². The van der Waals surface area contributed by atoms with Gasteiger partial charge in [-0.1, -0.05) is 34.1 Å². The molecular weight excluding hydrogens is 254 g/mol. The maximum absolute atomic E-state index is 4.86. The second-order valence-electron chi connectivity index (χ2n) is 6.40. The van der Waals surface area contributed by atoms with Gasteiger partial charge in [0.1, 0.15) is 5.01 Å². The van der Waals surface area contributed by atoms with E-state index in [4.69, 9.17) is 4.98 Å². The number of aromatic nitrogens is 1. The maximum atomic E-state index is 4.86. The van der Waals surface area contributed by atoms with Crippen LogP contribution in [0.15, 0.2) is 0 Å². The molecule has 0 unspecified atom stereocenters. The number of hydrogen-bond acceptors (Lipinski definition) is 4. The summed E-state index contributed by atoms with van der Waals surface area (Å²) in [5.41, 5.74) is 1.39. The fourth-order valence-electron chi connectivity index (χ4n) is 1.95. The van der Waals surface area contributed by atoms with E-state index in [9.17, 15) is 0 Å². The molecule has 0 amide bonds. The lowest BCUT2D eigenvalue weighted by atomic mass is 9.91. The summed E-state index contributed by atoms with van der Waals surface area (Å²) >= 11 is 1.86. The zero-order valence-electron chi connectivity index (χ0n) is 13.3. The van der Waals surface area contributed by atoms with Gasteiger partial charge in [-0.2, -0.15) is 0 Å². The predicted molar refractivity (Wildman–Crippen MR) is 84.8 cm³/mol. The molecule has 0 radical (unpaired) electrons. The van der Waals surface area contributed by atoms with Crippen LogP contribution in [0.3, 0.4) is 0 Å². The highest BCUT2D eigenvalue weighted by atomic mass is 32.1. The van der Waals surface area contributed by atoms with Gasteiger partial charge in [0.2, 0.25) is 0 Å². The molecule has 110 valence electrons. The highest BCUT2D eigenvalue weighted by Gasteiger charge is 2.23. The van der Waals surface area contributed by atoms with Crippen molar-refractivity contribution in [1.29, 1.82) is 0 Å². The van der Waals surface area contributed by atoms with Crippen molar-refractivity contribution < 1.29 is 0 Å². The van der Waals surface area contributed by atoms with E-state index < -0.39 is 0 Å². The van der Waals surface area contributed by atoms with Gasteiger partial charge in [-0.05, 0) is 27.1 Å². The molecule has 19 heavy (non-hydrogen) atoms. The lowest BCUT2D eigenvalue weighted by molar-refractivity contribution is 0.400. The summed E-state index contributed by atoms with van der Waals surface area (Å²) < 4.78 is 0. The Hall–Kier alpha value is -0.450. The molecule has 0 fully saturated rings. The van der Waals surface area contributed by atoms with Gasteiger partial charge in [0.05, 0.1) is 5.69 Å². The third-order valence-corrected chi connectivity index (χ3v) is 3.94. The summed E-state index contributed by atoms with van der Waals surface area (Å²) in [5, 5.41) is 4.76. The topological polar surface area (TPSA) is 28.2 Å². The van der Waals surface area contributed by atoms with Crippen LogP contribution in [0.2, 0.25) is 0 Å². The molecule has 0 atom stereocenters. The highest BCUT2D eigenvalue weighted by molar-refractivity contribution is 7.11. The van der Waals surface area contributed by atoms with Gasteiger partial charge in [-0.25, -0.2) is 4.98 Å². The van der Waals surface area contributed by atoms with Crippen LogP contribution in [0, 0.1) is 0 Å². The first-order valence-corrected chi connectivity index (χ1v) is 8.00. The molecule has 1 aromatic heterocycles. The average Bonchev–Trinajstić information content (AvgIpc) is 2.66. The summed E-state index contributed by atoms with van der Waals surface area (Å²) in [5.74, 6) is 0. The van der Waals surface area contributed by atoms with Crippen molar-refractivity contribution in [2.75, 3.05) is 20.6 Å². The Morgan fingerprint density at radius 2 is 1.95 bits per heavy atom. The number of thiazole rings is 1. The van der Waals surface area contributed by atoms with E-state index in [2.05, 4.69) is 52.0 Å². The Bertz CT molecular complexity index is 377. The van der Waals surface area contributed by atoms with Crippen LogP contribution in [0.5, 0.6) is 0 Å². The minimum atomic E-state index is 0.128. The standard InChI is InChI=1S/C15H29N3S/c1-7-8-9-16-10-12-14(15(2,3)4)17-13(19-12)11-18(5)6/h16H,7-11H2,1-6H3. The van der Waals surface area contributed by atoms with Gasteiger partial charge in [0, 0.05) is 23.4 Å². The molecule has 0 aliphatic carbocycles. The van der Waals surface area contributed by atoms with Gasteiger partial charge in [0.15, 0.2) is 0 Å². The van der Waals surface area contributed by atoms with Crippen molar-refractivity contribution in [3.63, 3.8) is 0 Å². The Morgan fingerprint density at radius 1 is 1.26 bits per heavy atom. The first kappa shape index (κ1) is 16.6. The normalized spacial score (nSPS) is 12.4. The van der Waals surface area contributed by atoms with E-state index in [0.29, 0.717) is 0 Å². The lowest BCUT2D eigenvalue weighted by Gasteiger charge is -2.18. The fourth-order valence-corrected chi connectivity index (χ4v) is 3.31. The largest absolute Gasteiger partial charge is 0.312 e. The Kier molecular flexibility index (Phi) is 6.43. The SMILES string of the molecule is CCCCNCc1sc(CN(C)C)nc1C(C)(C)C. The molecule has 0 saturated heterocycles. The molecule has 1 N–H and O–H groups in total. The molecule has 0 aliphatic heterocycles. The predicted octanol–water partition coefficient (Wildman–Crippen LogP) is 3.39. The Balaban J connectivity index is 2.78. The summed E-state index contributed by atoms with van der Waals surface area (Å²) in [6, 6.07) is 0. The van der Waals surface area contributed by atoms with Crippen molar-refractivity contribution in [3.05, 3.63) is 15.6 Å². The van der Waals surface area contributed by atoms with Crippen molar-refractivity contribution in [3.8, 4) is 0 Å². The molecule has 1 aromatic rings. The van der Waals surface area contributed by atoms with Crippen LogP contribution in [0.25, 0.3) is 0 Å². The monoisotopic (exact) mass is 283 g/mol. The van der Waals surface area contributed by atoms with Crippen LogP contribution in [0.4, 0.5) is 0 Å². The lowest BCUT2D eigenvalue weighted by Crippen LogP contribution is -2.19. The maximum Gasteiger partial charge on any atom is 0.107 e. The van der Waals surface area contributed by atoms with Crippen LogP contribution in [-0.4, -0.2) is 30.5 Å². The molecule has 0 aliphatic rings. The number of hydrogen-bond donors (Lipinski definition) is 1. The van der Waals surface area contributed by atoms with Crippen LogP contribution in [-0.2, 0) is 18.5 Å². The van der Waals surface area contributed by atoms with Crippen molar-refractivity contribution in [2.24, 2.45) is 0 Å². The second-order valence-corrected chi connectivity index (χ2v) is 7.57. The third kappa shape index (κ3) is 5.59. The van der Waals surface area contributed by atoms with E-state index >= 15 is 0 Å². The van der Waals surface area contributed by atoms with E-state index in [1.807, 2.05) is 11.3 Å². The highest BCUT2D eigenvalue weighted by Crippen LogP contribution is 2.30. The number of nitrogens with one attached hydrogen (secondary N) is 1. The minimum Gasteiger partial charge on any atom is -0.312 e. The summed E-state index contributed by atoms with van der Waals surface area (Å²) in [7, 11) is 4.19. The summed E-state index contributed by atoms with van der Waals surface area (Å²) in [6.45, 7) is 12.0. The van der Waals surface area contributed by atoms with Crippen molar-refractivity contribution in [2.45, 2.75) is 59.0 Å². The molecule has 0 bridgehead atoms. The molecule has 1 heterocycles. The van der Waals surface area contributed by atoms with Crippen LogP contribution in [0.1, 0.15) is 56.1 Å². The quantitative estimate of drug-likeness (QED) is 0.778. The third-order valence-electron chi connectivity index (χ3n) is 2.90. The molecule has 0 aromatic carbocycles. The number of unbranched alkanes of at least 4 members (excludes halogenated alkanes) is 1. The first-order valence-electron chi connectivity index (χ1n) is 7.19. The van der Waals surface area contributed by atoms with E-state index in [-0.39, 0.29) is 5.41 Å².